The molecule has 0 heterocycles. The predicted octanol–water partition coefficient (Wildman–Crippen LogP) is 4.31. The van der Waals surface area contributed by atoms with Gasteiger partial charge in [-0.3, -0.25) is 9.10 Å². The molecule has 3 aromatic rings. The first kappa shape index (κ1) is 24.0. The number of nitrogens with zero attached hydrogens (tertiary/aromatic N) is 1. The van der Waals surface area contributed by atoms with Gasteiger partial charge >= 0.3 is 5.97 Å². The van der Waals surface area contributed by atoms with Gasteiger partial charge in [-0.05, 0) is 62.2 Å². The van der Waals surface area contributed by atoms with Crippen molar-refractivity contribution in [2.45, 2.75) is 25.7 Å². The Kier molecular flexibility index (Phi) is 7.50. The standard InChI is InChI=1S/C25H26N2O5S/c1-4-27(21-11-6-5-7-12-21)33(30,31)23-16-20(15-14-19(23)3)25(29)32-17-24(28)26-22-13-9-8-10-18(22)2/h5-16H,4,17H2,1-3H3,(H,26,28). The molecular formula is C25H26N2O5S. The lowest BCUT2D eigenvalue weighted by atomic mass is 10.1. The third kappa shape index (κ3) is 5.59. The van der Waals surface area contributed by atoms with Gasteiger partial charge in [0.25, 0.3) is 15.9 Å². The minimum Gasteiger partial charge on any atom is -0.452 e. The zero-order valence-corrected chi connectivity index (χ0v) is 19.6. The van der Waals surface area contributed by atoms with Crippen molar-refractivity contribution in [2.75, 3.05) is 22.8 Å². The van der Waals surface area contributed by atoms with Crippen LogP contribution in [0.25, 0.3) is 0 Å². The highest BCUT2D eigenvalue weighted by Gasteiger charge is 2.26. The van der Waals surface area contributed by atoms with Crippen LogP contribution in [0.15, 0.2) is 77.7 Å². The highest BCUT2D eigenvalue weighted by molar-refractivity contribution is 7.92. The summed E-state index contributed by atoms with van der Waals surface area (Å²) < 4.78 is 33.1. The molecule has 33 heavy (non-hydrogen) atoms. The highest BCUT2D eigenvalue weighted by Crippen LogP contribution is 2.26. The number of esters is 1. The number of carbonyl (C=O) groups excluding carboxylic acids is 2. The molecule has 0 aliphatic rings. The Balaban J connectivity index is 1.77. The predicted molar refractivity (Wildman–Crippen MR) is 128 cm³/mol. The first-order valence-corrected chi connectivity index (χ1v) is 11.9. The number of sulfonamides is 1. The van der Waals surface area contributed by atoms with Crippen LogP contribution in [0.1, 0.15) is 28.4 Å². The van der Waals surface area contributed by atoms with Gasteiger partial charge in [0.05, 0.1) is 16.1 Å². The smallest absolute Gasteiger partial charge is 0.338 e. The summed E-state index contributed by atoms with van der Waals surface area (Å²) in [5, 5.41) is 2.68. The van der Waals surface area contributed by atoms with E-state index in [0.717, 1.165) is 5.56 Å². The maximum absolute atomic E-state index is 13.4. The Morgan fingerprint density at radius 3 is 2.24 bits per heavy atom. The average Bonchev–Trinajstić information content (AvgIpc) is 2.80. The number of anilines is 2. The number of hydrogen-bond donors (Lipinski definition) is 1. The van der Waals surface area contributed by atoms with Crippen molar-refractivity contribution in [3.63, 3.8) is 0 Å². The van der Waals surface area contributed by atoms with Crippen molar-refractivity contribution in [3.05, 3.63) is 89.5 Å². The molecule has 172 valence electrons. The Morgan fingerprint density at radius 2 is 1.58 bits per heavy atom. The number of aryl methyl sites for hydroxylation is 2. The lowest BCUT2D eigenvalue weighted by molar-refractivity contribution is -0.119. The van der Waals surface area contributed by atoms with Gasteiger partial charge in [0, 0.05) is 12.2 Å². The molecule has 0 saturated heterocycles. The second-order valence-corrected chi connectivity index (χ2v) is 9.26. The van der Waals surface area contributed by atoms with Crippen molar-refractivity contribution in [2.24, 2.45) is 0 Å². The molecule has 3 rings (SSSR count). The normalized spacial score (nSPS) is 11.0. The van der Waals surface area contributed by atoms with Crippen molar-refractivity contribution in [1.29, 1.82) is 0 Å². The fraction of sp³-hybridized carbons (Fsp3) is 0.200. The summed E-state index contributed by atoms with van der Waals surface area (Å²) in [6.07, 6.45) is 0. The topological polar surface area (TPSA) is 92.8 Å². The summed E-state index contributed by atoms with van der Waals surface area (Å²) in [5.41, 5.74) is 2.58. The van der Waals surface area contributed by atoms with Crippen molar-refractivity contribution in [3.8, 4) is 0 Å². The van der Waals surface area contributed by atoms with Gasteiger partial charge < -0.3 is 10.1 Å². The van der Waals surface area contributed by atoms with E-state index in [1.165, 1.54) is 16.4 Å². The Hall–Kier alpha value is -3.65. The van der Waals surface area contributed by atoms with Crippen LogP contribution in [0.4, 0.5) is 11.4 Å². The van der Waals surface area contributed by atoms with E-state index in [1.54, 1.807) is 62.4 Å². The van der Waals surface area contributed by atoms with Gasteiger partial charge in [-0.15, -0.1) is 0 Å². The molecule has 0 aliphatic carbocycles. The van der Waals surface area contributed by atoms with Gasteiger partial charge in [0.2, 0.25) is 0 Å². The lowest BCUT2D eigenvalue weighted by Crippen LogP contribution is -2.31. The molecule has 0 bridgehead atoms. The fourth-order valence-electron chi connectivity index (χ4n) is 3.32. The zero-order valence-electron chi connectivity index (χ0n) is 18.7. The van der Waals surface area contributed by atoms with Gasteiger partial charge in [-0.1, -0.05) is 42.5 Å². The number of para-hydroxylation sites is 2. The monoisotopic (exact) mass is 466 g/mol. The van der Waals surface area contributed by atoms with Crippen LogP contribution in [0, 0.1) is 13.8 Å². The number of nitrogens with one attached hydrogen (secondary N) is 1. The van der Waals surface area contributed by atoms with Crippen LogP contribution in [-0.4, -0.2) is 33.4 Å². The van der Waals surface area contributed by atoms with Gasteiger partial charge in [-0.2, -0.15) is 0 Å². The molecule has 0 radical (unpaired) electrons. The number of amides is 1. The summed E-state index contributed by atoms with van der Waals surface area (Å²) in [6, 6.07) is 20.3. The summed E-state index contributed by atoms with van der Waals surface area (Å²) in [5.74, 6) is -1.27. The maximum atomic E-state index is 13.4. The van der Waals surface area contributed by atoms with E-state index in [0.29, 0.717) is 16.9 Å². The molecule has 8 heteroatoms. The molecule has 0 atom stereocenters. The van der Waals surface area contributed by atoms with Crippen LogP contribution >= 0.6 is 0 Å². The number of benzene rings is 3. The largest absolute Gasteiger partial charge is 0.452 e. The second-order valence-electron chi connectivity index (χ2n) is 7.42. The van der Waals surface area contributed by atoms with Crippen LogP contribution in [0.5, 0.6) is 0 Å². The molecule has 0 aromatic heterocycles. The van der Waals surface area contributed by atoms with Crippen LogP contribution in [-0.2, 0) is 19.6 Å². The summed E-state index contributed by atoms with van der Waals surface area (Å²) in [4.78, 5) is 24.7. The first-order valence-electron chi connectivity index (χ1n) is 10.4. The third-order valence-corrected chi connectivity index (χ3v) is 7.12. The van der Waals surface area contributed by atoms with E-state index in [1.807, 2.05) is 19.1 Å². The number of carbonyl (C=O) groups is 2. The quantitative estimate of drug-likeness (QED) is 0.499. The molecule has 0 aliphatic heterocycles. The minimum absolute atomic E-state index is 0.00650. The second kappa shape index (κ2) is 10.3. The molecule has 3 aromatic carbocycles. The Labute approximate surface area is 194 Å². The molecule has 1 amide bonds. The minimum atomic E-state index is -3.92. The third-order valence-electron chi connectivity index (χ3n) is 5.08. The molecule has 0 unspecified atom stereocenters. The lowest BCUT2D eigenvalue weighted by Gasteiger charge is -2.24. The molecular weight excluding hydrogens is 440 g/mol. The maximum Gasteiger partial charge on any atom is 0.338 e. The van der Waals surface area contributed by atoms with E-state index in [2.05, 4.69) is 5.32 Å². The molecule has 0 fully saturated rings. The number of ether oxygens (including phenoxy) is 1. The van der Waals surface area contributed by atoms with Crippen molar-refractivity contribution in [1.82, 2.24) is 0 Å². The summed E-state index contributed by atoms with van der Waals surface area (Å²) in [6.45, 7) is 4.99. The Morgan fingerprint density at radius 1 is 0.909 bits per heavy atom. The van der Waals surface area contributed by atoms with Crippen molar-refractivity contribution >= 4 is 33.3 Å². The first-order chi connectivity index (χ1) is 15.7. The Bertz CT molecular complexity index is 1260. The van der Waals surface area contributed by atoms with Gasteiger partial charge in [0.1, 0.15) is 0 Å². The van der Waals surface area contributed by atoms with Crippen LogP contribution < -0.4 is 9.62 Å². The number of hydrogen-bond acceptors (Lipinski definition) is 5. The van der Waals surface area contributed by atoms with Crippen LogP contribution in [0.2, 0.25) is 0 Å². The molecule has 0 spiro atoms. The van der Waals surface area contributed by atoms with Crippen molar-refractivity contribution < 1.29 is 22.7 Å². The van der Waals surface area contributed by atoms with E-state index < -0.39 is 28.5 Å². The van der Waals surface area contributed by atoms with E-state index in [-0.39, 0.29) is 17.0 Å². The zero-order chi connectivity index (χ0) is 24.0. The fourth-order valence-corrected chi connectivity index (χ4v) is 5.05. The molecule has 0 saturated carbocycles. The van der Waals surface area contributed by atoms with Gasteiger partial charge in [0.15, 0.2) is 6.61 Å². The van der Waals surface area contributed by atoms with E-state index >= 15 is 0 Å². The number of rotatable bonds is 8. The summed E-state index contributed by atoms with van der Waals surface area (Å²) in [7, 11) is -3.92. The average molecular weight is 467 g/mol. The van der Waals surface area contributed by atoms with Gasteiger partial charge in [-0.25, -0.2) is 13.2 Å². The SMILES string of the molecule is CCN(c1ccccc1)S(=O)(=O)c1cc(C(=O)OCC(=O)Nc2ccccc2C)ccc1C. The molecule has 1 N–H and O–H groups in total. The van der Waals surface area contributed by atoms with E-state index in [9.17, 15) is 18.0 Å². The summed E-state index contributed by atoms with van der Waals surface area (Å²) >= 11 is 0. The van der Waals surface area contributed by atoms with E-state index in [4.69, 9.17) is 4.74 Å². The highest BCUT2D eigenvalue weighted by atomic mass is 32.2. The van der Waals surface area contributed by atoms with Crippen LogP contribution in [0.3, 0.4) is 0 Å². The molecule has 7 nitrogen and oxygen atoms in total.